The first-order valence-corrected chi connectivity index (χ1v) is 23.8. The van der Waals surface area contributed by atoms with E-state index in [1.54, 1.807) is 0 Å². The molecule has 4 aliphatic heterocycles. The average molecular weight is 874 g/mol. The van der Waals surface area contributed by atoms with Gasteiger partial charge in [0.1, 0.15) is 42.3 Å². The molecule has 8 aliphatic rings. The first kappa shape index (κ1) is 40.7. The molecule has 3 saturated heterocycles. The molecular formula is C48H58BrO8P. The van der Waals surface area contributed by atoms with Crippen molar-refractivity contribution in [3.8, 4) is 0 Å². The van der Waals surface area contributed by atoms with Crippen LogP contribution in [0.3, 0.4) is 0 Å². The standard InChI is InChI=1S/C48H58O8P.BrH/c1-32(2)46-41(55-46)42-48(56-42)44(3)27-26-36-37(30-52-43(36)50)38(44)29-39-47(48,54-39)45(46,51)31-53-40(49)25-17-6-4-5-7-18-28-57(33-19-11-8-12-20-33,34-21-13-9-14-22-34)35-23-15-10-16-24-35;/h8-16,19-23,32,35,38-39,41-42,51H,4-7,17-18,24-31H2,1-3H3;1H/q+1;/p-1/t35?,38-,39-,41-,42-,44-,45-,46-,47+,48+;/m0./s1. The second-order valence-electron chi connectivity index (χ2n) is 18.7. The fourth-order valence-corrected chi connectivity index (χ4v) is 18.1. The number of benzene rings is 2. The van der Waals surface area contributed by atoms with Crippen LogP contribution in [0.25, 0.3) is 0 Å². The van der Waals surface area contributed by atoms with E-state index in [1.807, 2.05) is 0 Å². The summed E-state index contributed by atoms with van der Waals surface area (Å²) in [7, 11) is -1.68. The molecule has 4 aliphatic carbocycles. The molecule has 2 spiro atoms. The lowest BCUT2D eigenvalue weighted by Gasteiger charge is -2.56. The summed E-state index contributed by atoms with van der Waals surface area (Å²) >= 11 is 0. The van der Waals surface area contributed by atoms with E-state index in [9.17, 15) is 14.7 Å². The normalized spacial score (nSPS) is 38.3. The quantitative estimate of drug-likeness (QED) is 0.122. The number of cyclic esters (lactones) is 1. The molecule has 0 bridgehead atoms. The van der Waals surface area contributed by atoms with Gasteiger partial charge in [-0.15, -0.1) is 0 Å². The number of hydrogen-bond acceptors (Lipinski definition) is 8. The minimum Gasteiger partial charge on any atom is -1.00 e. The number of fused-ring (bicyclic) bond motifs is 4. The van der Waals surface area contributed by atoms with Crippen LogP contribution >= 0.6 is 7.26 Å². The van der Waals surface area contributed by atoms with Gasteiger partial charge in [-0.2, -0.15) is 0 Å². The van der Waals surface area contributed by atoms with Crippen molar-refractivity contribution in [3.05, 3.63) is 96.1 Å². The number of allylic oxidation sites excluding steroid dienone is 4. The minimum atomic E-state index is -1.68. The third-order valence-corrected chi connectivity index (χ3v) is 20.9. The highest BCUT2D eigenvalue weighted by molar-refractivity contribution is 7.90. The number of hydrogen-bond donors (Lipinski definition) is 1. The van der Waals surface area contributed by atoms with Crippen LogP contribution in [0, 0.1) is 17.3 Å². The molecule has 0 amide bonds. The number of aliphatic hydroxyl groups is 1. The molecule has 1 N–H and O–H groups in total. The van der Waals surface area contributed by atoms with Gasteiger partial charge in [0.25, 0.3) is 0 Å². The molecule has 2 saturated carbocycles. The maximum atomic E-state index is 13.4. The highest BCUT2D eigenvalue weighted by Crippen LogP contribution is 2.85. The molecule has 2 aromatic rings. The Hall–Kier alpha value is -2.65. The molecular weight excluding hydrogens is 815 g/mol. The van der Waals surface area contributed by atoms with E-state index >= 15 is 0 Å². The van der Waals surface area contributed by atoms with Crippen LogP contribution in [0.1, 0.15) is 91.4 Å². The molecule has 4 heterocycles. The number of carbonyl (C=O) groups is 2. The largest absolute Gasteiger partial charge is 1.00 e. The van der Waals surface area contributed by atoms with Crippen molar-refractivity contribution in [2.45, 2.75) is 138 Å². The highest BCUT2D eigenvalue weighted by atomic mass is 79.9. The van der Waals surface area contributed by atoms with Crippen LogP contribution in [-0.4, -0.2) is 82.8 Å². The van der Waals surface area contributed by atoms with Crippen molar-refractivity contribution in [2.24, 2.45) is 17.3 Å². The molecule has 5 fully saturated rings. The number of unbranched alkanes of at least 4 members (excludes halogenated alkanes) is 5. The molecule has 8 nitrogen and oxygen atoms in total. The Bertz CT molecular complexity index is 1980. The molecule has 2 aromatic carbocycles. The average Bonchev–Trinajstić information content (AvgIpc) is 4.16. The van der Waals surface area contributed by atoms with E-state index in [0.29, 0.717) is 31.5 Å². The van der Waals surface area contributed by atoms with Gasteiger partial charge < -0.3 is 45.8 Å². The Morgan fingerprint density at radius 1 is 0.897 bits per heavy atom. The van der Waals surface area contributed by atoms with Crippen LogP contribution in [0.2, 0.25) is 0 Å². The number of rotatable bonds is 15. The molecule has 10 rings (SSSR count). The lowest BCUT2D eigenvalue weighted by Crippen LogP contribution is -3.00. The second kappa shape index (κ2) is 14.8. The van der Waals surface area contributed by atoms with Crippen molar-refractivity contribution in [2.75, 3.05) is 19.4 Å². The van der Waals surface area contributed by atoms with E-state index < -0.39 is 29.7 Å². The lowest BCUT2D eigenvalue weighted by molar-refractivity contribution is -0.197. The minimum absolute atomic E-state index is 0. The fourth-order valence-electron chi connectivity index (χ4n) is 13.1. The summed E-state index contributed by atoms with van der Waals surface area (Å²) in [6, 6.07) is 22.5. The van der Waals surface area contributed by atoms with Gasteiger partial charge in [0.15, 0.2) is 11.2 Å². The van der Waals surface area contributed by atoms with Gasteiger partial charge in [-0.1, -0.05) is 94.7 Å². The van der Waals surface area contributed by atoms with Crippen LogP contribution in [0.5, 0.6) is 0 Å². The Morgan fingerprint density at radius 2 is 1.59 bits per heavy atom. The van der Waals surface area contributed by atoms with E-state index in [0.717, 1.165) is 49.7 Å². The monoisotopic (exact) mass is 872 g/mol. The third-order valence-electron chi connectivity index (χ3n) is 15.9. The first-order valence-electron chi connectivity index (χ1n) is 21.7. The zero-order valence-electron chi connectivity index (χ0n) is 34.1. The summed E-state index contributed by atoms with van der Waals surface area (Å²) in [4.78, 5) is 25.9. The van der Waals surface area contributed by atoms with Crippen molar-refractivity contribution >= 4 is 29.8 Å². The summed E-state index contributed by atoms with van der Waals surface area (Å²) in [6.45, 7) is 6.53. The van der Waals surface area contributed by atoms with Crippen LogP contribution in [0.15, 0.2) is 96.1 Å². The second-order valence-corrected chi connectivity index (χ2v) is 22.5. The smallest absolute Gasteiger partial charge is 0.334 e. The van der Waals surface area contributed by atoms with Crippen molar-refractivity contribution in [1.29, 1.82) is 0 Å². The first-order chi connectivity index (χ1) is 27.6. The predicted molar refractivity (Wildman–Crippen MR) is 220 cm³/mol. The molecule has 0 aromatic heterocycles. The van der Waals surface area contributed by atoms with Crippen LogP contribution in [0.4, 0.5) is 0 Å². The molecule has 1 unspecified atom stereocenters. The van der Waals surface area contributed by atoms with Gasteiger partial charge in [0, 0.05) is 23.8 Å². The van der Waals surface area contributed by atoms with Gasteiger partial charge in [0.05, 0.1) is 30.1 Å². The molecule has 10 heteroatoms. The Balaban J connectivity index is 0.00000436. The van der Waals surface area contributed by atoms with Crippen molar-refractivity contribution in [1.82, 2.24) is 0 Å². The molecule has 10 atom stereocenters. The van der Waals surface area contributed by atoms with Crippen molar-refractivity contribution < 1.29 is 55.4 Å². The van der Waals surface area contributed by atoms with Crippen LogP contribution < -0.4 is 27.6 Å². The van der Waals surface area contributed by atoms with E-state index in [2.05, 4.69) is 106 Å². The lowest BCUT2D eigenvalue weighted by atomic mass is 9.44. The number of esters is 2. The maximum absolute atomic E-state index is 13.4. The third kappa shape index (κ3) is 5.48. The van der Waals surface area contributed by atoms with E-state index in [-0.39, 0.29) is 71.1 Å². The molecule has 0 radical (unpaired) electrons. The summed E-state index contributed by atoms with van der Waals surface area (Å²) in [5.74, 6) is -0.453. The maximum Gasteiger partial charge on any atom is 0.334 e. The van der Waals surface area contributed by atoms with Gasteiger partial charge in [-0.05, 0) is 86.3 Å². The Labute approximate surface area is 354 Å². The highest BCUT2D eigenvalue weighted by Gasteiger charge is 3.04. The van der Waals surface area contributed by atoms with Gasteiger partial charge >= 0.3 is 11.9 Å². The summed E-state index contributed by atoms with van der Waals surface area (Å²) in [6.07, 6.45) is 19.3. The van der Waals surface area contributed by atoms with Gasteiger partial charge in [-0.3, -0.25) is 4.79 Å². The number of ether oxygens (including phenoxy) is 5. The van der Waals surface area contributed by atoms with E-state index in [4.69, 9.17) is 23.7 Å². The zero-order valence-corrected chi connectivity index (χ0v) is 36.6. The molecule has 58 heavy (non-hydrogen) atoms. The van der Waals surface area contributed by atoms with Crippen molar-refractivity contribution in [3.63, 3.8) is 0 Å². The SMILES string of the molecule is CC(C)[C@]12O[C@H]1[C@@H]1O[C@]13[C@]1(O[C@H]1C[C@H]1C4=C(CC[C@@]13C)C(=O)OC4)[C@]2(O)COC(=O)CCCCCCCC[P+](c1ccccc1)(c1ccccc1)C1C=CC=CC1.[Br-]. The summed E-state index contributed by atoms with van der Waals surface area (Å²) in [5.41, 5.74) is -2.24. The van der Waals surface area contributed by atoms with Gasteiger partial charge in [-0.25, -0.2) is 4.79 Å². The number of halogens is 1. The number of carbonyl (C=O) groups excluding carboxylic acids is 2. The summed E-state index contributed by atoms with van der Waals surface area (Å²) in [5, 5.41) is 16.0. The summed E-state index contributed by atoms with van der Waals surface area (Å²) < 4.78 is 31.6. The predicted octanol–water partition coefficient (Wildman–Crippen LogP) is 4.30. The Morgan fingerprint density at radius 3 is 2.26 bits per heavy atom. The molecule has 310 valence electrons. The van der Waals surface area contributed by atoms with Crippen LogP contribution in [-0.2, 0) is 33.3 Å². The topological polar surface area (TPSA) is 110 Å². The number of epoxide rings is 3. The Kier molecular flexibility index (Phi) is 10.4. The van der Waals surface area contributed by atoms with Gasteiger partial charge in [0.2, 0.25) is 0 Å². The van der Waals surface area contributed by atoms with E-state index in [1.165, 1.54) is 29.6 Å². The zero-order chi connectivity index (χ0) is 39.3. The fraction of sp³-hybridized carbons (Fsp3) is 0.583.